The fourth-order valence-electron chi connectivity index (χ4n) is 1.96. The van der Waals surface area contributed by atoms with Gasteiger partial charge in [0.1, 0.15) is 0 Å². The van der Waals surface area contributed by atoms with Gasteiger partial charge in [0, 0.05) is 6.20 Å². The van der Waals surface area contributed by atoms with E-state index in [2.05, 4.69) is 42.9 Å². The molecule has 0 aliphatic carbocycles. The maximum atomic E-state index is 4.89. The van der Waals surface area contributed by atoms with E-state index in [1.165, 1.54) is 16.7 Å². The first-order valence-electron chi connectivity index (χ1n) is 6.10. The summed E-state index contributed by atoms with van der Waals surface area (Å²) < 4.78 is 0. The van der Waals surface area contributed by atoms with Crippen molar-refractivity contribution in [2.24, 2.45) is 4.99 Å². The molecule has 21 heavy (non-hydrogen) atoms. The number of rotatable bonds is 2. The van der Waals surface area contributed by atoms with Gasteiger partial charge in [-0.3, -0.25) is 9.98 Å². The predicted molar refractivity (Wildman–Crippen MR) is 89.7 cm³/mol. The summed E-state index contributed by atoms with van der Waals surface area (Å²) in [5.41, 5.74) is 5.61. The fourth-order valence-corrected chi connectivity index (χ4v) is 1.96. The van der Waals surface area contributed by atoms with Crippen molar-refractivity contribution in [3.05, 3.63) is 58.9 Å². The SMILES string of the molecule is Cc1cc(C)c(N=Cc2ccccn2)c(C)c1.[Cl][Fe]([Cl])[Cl]. The maximum absolute atomic E-state index is 4.89. The third-order valence-corrected chi connectivity index (χ3v) is 2.65. The van der Waals surface area contributed by atoms with E-state index >= 15 is 0 Å². The standard InChI is InChI=1S/C15H16N2.3ClH.Fe/c1-11-8-12(2)15(13(3)9-11)17-10-14-6-4-5-7-16-14;;;;/h4-10H,1-3H3;3*1H;/q;;;;+3/p-3. The van der Waals surface area contributed by atoms with Gasteiger partial charge < -0.3 is 0 Å². The van der Waals surface area contributed by atoms with Crippen molar-refractivity contribution in [1.29, 1.82) is 0 Å². The Bertz CT molecular complexity index is 575. The Kier molecular flexibility index (Phi) is 8.31. The van der Waals surface area contributed by atoms with Crippen LogP contribution in [0.15, 0.2) is 41.5 Å². The second-order valence-corrected chi connectivity index (χ2v) is 9.88. The Morgan fingerprint density at radius 2 is 1.62 bits per heavy atom. The number of benzene rings is 1. The summed E-state index contributed by atoms with van der Waals surface area (Å²) in [5, 5.41) is 0. The number of aliphatic imine (C=N–C) groups is 1. The second-order valence-electron chi connectivity index (χ2n) is 4.41. The van der Waals surface area contributed by atoms with Crippen molar-refractivity contribution in [2.75, 3.05) is 0 Å². The molecule has 2 rings (SSSR count). The van der Waals surface area contributed by atoms with Gasteiger partial charge in [0.2, 0.25) is 0 Å². The monoisotopic (exact) mass is 385 g/mol. The number of pyridine rings is 1. The van der Waals surface area contributed by atoms with Crippen LogP contribution < -0.4 is 0 Å². The topological polar surface area (TPSA) is 25.2 Å². The summed E-state index contributed by atoms with van der Waals surface area (Å²) in [6, 6.07) is 10.1. The molecular weight excluding hydrogens is 370 g/mol. The molecule has 0 bridgehead atoms. The molecule has 0 saturated carbocycles. The first-order valence-corrected chi connectivity index (χ1v) is 10.7. The molecule has 2 aromatic rings. The molecule has 0 amide bonds. The van der Waals surface area contributed by atoms with Crippen LogP contribution >= 0.6 is 30.3 Å². The number of aromatic nitrogens is 1. The zero-order valence-corrected chi connectivity index (χ0v) is 15.3. The summed E-state index contributed by atoms with van der Waals surface area (Å²) in [4.78, 5) is 8.75. The number of hydrogen-bond acceptors (Lipinski definition) is 2. The quantitative estimate of drug-likeness (QED) is 0.471. The Morgan fingerprint density at radius 1 is 1.05 bits per heavy atom. The van der Waals surface area contributed by atoms with Crippen LogP contribution in [0.1, 0.15) is 22.4 Å². The first kappa shape index (κ1) is 18.5. The minimum absolute atomic E-state index is 0.881. The summed E-state index contributed by atoms with van der Waals surface area (Å²) in [6.07, 6.45) is 3.58. The Hall–Kier alpha value is -0.571. The van der Waals surface area contributed by atoms with E-state index in [1.807, 2.05) is 24.4 Å². The third-order valence-electron chi connectivity index (χ3n) is 2.65. The van der Waals surface area contributed by atoms with E-state index in [4.69, 9.17) is 30.3 Å². The number of nitrogens with zero attached hydrogens (tertiary/aromatic N) is 2. The van der Waals surface area contributed by atoms with Crippen molar-refractivity contribution in [3.63, 3.8) is 0 Å². The van der Waals surface area contributed by atoms with Crippen molar-refractivity contribution < 1.29 is 11.2 Å². The van der Waals surface area contributed by atoms with E-state index in [1.54, 1.807) is 6.20 Å². The van der Waals surface area contributed by atoms with Crippen LogP contribution in [-0.2, 0) is 11.2 Å². The minimum atomic E-state index is -1.33. The van der Waals surface area contributed by atoms with Gasteiger partial charge in [-0.15, -0.1) is 0 Å². The van der Waals surface area contributed by atoms with Crippen LogP contribution in [0.25, 0.3) is 0 Å². The zero-order valence-electron chi connectivity index (χ0n) is 11.9. The van der Waals surface area contributed by atoms with Crippen LogP contribution in [-0.4, -0.2) is 11.2 Å². The van der Waals surface area contributed by atoms with Gasteiger partial charge >= 0.3 is 41.5 Å². The van der Waals surface area contributed by atoms with Crippen LogP contribution in [0, 0.1) is 20.8 Å². The number of aryl methyl sites for hydroxylation is 3. The summed E-state index contributed by atoms with van der Waals surface area (Å²) in [7, 11) is 14.7. The number of hydrogen-bond donors (Lipinski definition) is 0. The molecule has 0 fully saturated rings. The molecule has 0 spiro atoms. The average Bonchev–Trinajstić information content (AvgIpc) is 2.38. The molecule has 1 aromatic carbocycles. The van der Waals surface area contributed by atoms with Crippen LogP contribution in [0.4, 0.5) is 5.69 Å². The zero-order chi connectivity index (χ0) is 15.8. The van der Waals surface area contributed by atoms with Crippen molar-refractivity contribution in [1.82, 2.24) is 4.98 Å². The van der Waals surface area contributed by atoms with Gasteiger partial charge in [-0.2, -0.15) is 0 Å². The van der Waals surface area contributed by atoms with E-state index in [-0.39, 0.29) is 0 Å². The number of halogens is 3. The van der Waals surface area contributed by atoms with E-state index in [9.17, 15) is 0 Å². The molecule has 1 aromatic heterocycles. The summed E-state index contributed by atoms with van der Waals surface area (Å²) >= 11 is -1.33. The molecule has 0 atom stereocenters. The molecule has 0 N–H and O–H groups in total. The van der Waals surface area contributed by atoms with Crippen LogP contribution in [0.5, 0.6) is 0 Å². The molecule has 0 aliphatic heterocycles. The summed E-state index contributed by atoms with van der Waals surface area (Å²) in [5.74, 6) is 0. The molecule has 0 radical (unpaired) electrons. The molecule has 6 heteroatoms. The van der Waals surface area contributed by atoms with E-state index in [0.29, 0.717) is 0 Å². The Balaban J connectivity index is 0.000000491. The van der Waals surface area contributed by atoms with Crippen LogP contribution in [0.3, 0.4) is 0 Å². The van der Waals surface area contributed by atoms with Crippen molar-refractivity contribution >= 4 is 42.2 Å². The molecule has 0 saturated heterocycles. The van der Waals surface area contributed by atoms with Gasteiger partial charge in [0.25, 0.3) is 0 Å². The van der Waals surface area contributed by atoms with Gasteiger partial charge in [-0.05, 0) is 44.0 Å². The van der Waals surface area contributed by atoms with Gasteiger partial charge in [-0.1, -0.05) is 23.8 Å². The Morgan fingerprint density at radius 3 is 2.10 bits per heavy atom. The third kappa shape index (κ3) is 7.30. The molecule has 2 nitrogen and oxygen atoms in total. The average molecular weight is 387 g/mol. The van der Waals surface area contributed by atoms with Crippen molar-refractivity contribution in [3.8, 4) is 0 Å². The predicted octanol–water partition coefficient (Wildman–Crippen LogP) is 5.82. The first-order chi connectivity index (χ1) is 9.90. The fraction of sp³-hybridized carbons (Fsp3) is 0.200. The van der Waals surface area contributed by atoms with E-state index < -0.39 is 11.2 Å². The molecule has 1 heterocycles. The van der Waals surface area contributed by atoms with Gasteiger partial charge in [-0.25, -0.2) is 0 Å². The van der Waals surface area contributed by atoms with E-state index in [0.717, 1.165) is 11.4 Å². The van der Waals surface area contributed by atoms with Crippen molar-refractivity contribution in [2.45, 2.75) is 20.8 Å². The Labute approximate surface area is 142 Å². The molecule has 115 valence electrons. The van der Waals surface area contributed by atoms with Crippen LogP contribution in [0.2, 0.25) is 0 Å². The van der Waals surface area contributed by atoms with Gasteiger partial charge in [0.15, 0.2) is 0 Å². The molecule has 0 unspecified atom stereocenters. The van der Waals surface area contributed by atoms with Gasteiger partial charge in [0.05, 0.1) is 17.6 Å². The second kappa shape index (κ2) is 9.45. The summed E-state index contributed by atoms with van der Waals surface area (Å²) in [6.45, 7) is 6.28. The normalized spacial score (nSPS) is 11.0. The molecule has 0 aliphatic rings. The molecular formula is C15H16Cl3FeN2.